The molecule has 0 radical (unpaired) electrons. The van der Waals surface area contributed by atoms with Gasteiger partial charge in [-0.05, 0) is 41.3 Å². The molecule has 0 amide bonds. The molecule has 248 valence electrons. The number of rotatable bonds is 15. The normalized spacial score (nSPS) is 21.5. The molecule has 1 saturated heterocycles. The van der Waals surface area contributed by atoms with Gasteiger partial charge in [0.15, 0.2) is 5.44 Å². The van der Waals surface area contributed by atoms with Crippen molar-refractivity contribution < 1.29 is 27.9 Å². The summed E-state index contributed by atoms with van der Waals surface area (Å²) in [5, 5.41) is 0. The Morgan fingerprint density at radius 1 is 0.521 bits per heavy atom. The lowest BCUT2D eigenvalue weighted by Gasteiger charge is -2.45. The zero-order valence-corrected chi connectivity index (χ0v) is 28.0. The van der Waals surface area contributed by atoms with Gasteiger partial charge in [-0.1, -0.05) is 139 Å². The molecule has 7 heteroatoms. The molecule has 48 heavy (non-hydrogen) atoms. The van der Waals surface area contributed by atoms with E-state index in [9.17, 15) is 4.21 Å². The van der Waals surface area contributed by atoms with Gasteiger partial charge in [0.2, 0.25) is 0 Å². The molecular weight excluding hydrogens is 621 g/mol. The standard InChI is InChI=1S/C41H42O6S/c1-31-22-24-36(25-23-31)48(42)41-40(46-29-35-20-12-5-13-21-35)39(45-28-34-18-10-4-11-19-34)38(44-27-33-16-8-3-9-17-33)37(47-41)30-43-26-32-14-6-2-7-15-32/h2-25,37-41H,26-30H2,1H3/t37-,38+,39+,40-,41+,48?/m1/s1. The Bertz CT molecular complexity index is 1670. The maximum atomic E-state index is 14.4. The van der Waals surface area contributed by atoms with E-state index >= 15 is 0 Å². The summed E-state index contributed by atoms with van der Waals surface area (Å²) in [6, 6.07) is 47.7. The molecule has 0 bridgehead atoms. The summed E-state index contributed by atoms with van der Waals surface area (Å²) in [5.74, 6) is 0. The van der Waals surface area contributed by atoms with Gasteiger partial charge in [-0.15, -0.1) is 0 Å². The second-order valence-corrected chi connectivity index (χ2v) is 13.5. The van der Waals surface area contributed by atoms with Crippen molar-refractivity contribution in [2.75, 3.05) is 6.61 Å². The van der Waals surface area contributed by atoms with Gasteiger partial charge in [0.05, 0.1) is 43.8 Å². The zero-order valence-electron chi connectivity index (χ0n) is 27.1. The van der Waals surface area contributed by atoms with Crippen molar-refractivity contribution in [3.05, 3.63) is 173 Å². The summed E-state index contributed by atoms with van der Waals surface area (Å²) in [7, 11) is -1.59. The lowest BCUT2D eigenvalue weighted by atomic mass is 9.98. The van der Waals surface area contributed by atoms with Crippen molar-refractivity contribution in [2.45, 2.75) is 68.1 Å². The van der Waals surface area contributed by atoms with Gasteiger partial charge in [0.25, 0.3) is 0 Å². The Balaban J connectivity index is 1.35. The fraction of sp³-hybridized carbons (Fsp3) is 0.268. The molecule has 0 aliphatic carbocycles. The zero-order chi connectivity index (χ0) is 33.0. The van der Waals surface area contributed by atoms with Crippen LogP contribution in [-0.4, -0.2) is 40.7 Å². The lowest BCUT2D eigenvalue weighted by molar-refractivity contribution is -0.255. The summed E-state index contributed by atoms with van der Waals surface area (Å²) in [6.45, 7) is 3.59. The minimum Gasteiger partial charge on any atom is -0.374 e. The molecule has 0 N–H and O–H groups in total. The summed E-state index contributed by atoms with van der Waals surface area (Å²) < 4.78 is 47.7. The summed E-state index contributed by atoms with van der Waals surface area (Å²) in [6.07, 6.45) is -2.52. The molecule has 1 heterocycles. The van der Waals surface area contributed by atoms with Crippen LogP contribution in [0.4, 0.5) is 0 Å². The number of benzene rings is 5. The molecule has 1 aliphatic heterocycles. The Hall–Kier alpha value is -3.95. The highest BCUT2D eigenvalue weighted by Crippen LogP contribution is 2.34. The molecular formula is C41H42O6S. The Morgan fingerprint density at radius 2 is 0.938 bits per heavy atom. The molecule has 0 aromatic heterocycles. The lowest BCUT2D eigenvalue weighted by Crippen LogP contribution is -2.62. The van der Waals surface area contributed by atoms with Crippen LogP contribution in [0.2, 0.25) is 0 Å². The largest absolute Gasteiger partial charge is 0.374 e. The van der Waals surface area contributed by atoms with Crippen molar-refractivity contribution >= 4 is 10.8 Å². The molecule has 6 rings (SSSR count). The van der Waals surface area contributed by atoms with Crippen LogP contribution in [0.5, 0.6) is 0 Å². The van der Waals surface area contributed by atoms with E-state index in [1.54, 1.807) is 0 Å². The van der Waals surface area contributed by atoms with Crippen LogP contribution in [0.3, 0.4) is 0 Å². The molecule has 0 spiro atoms. The van der Waals surface area contributed by atoms with Gasteiger partial charge in [-0.2, -0.15) is 0 Å². The van der Waals surface area contributed by atoms with Crippen molar-refractivity contribution in [3.8, 4) is 0 Å². The van der Waals surface area contributed by atoms with Crippen molar-refractivity contribution in [1.82, 2.24) is 0 Å². The second kappa shape index (κ2) is 17.4. The van der Waals surface area contributed by atoms with Crippen LogP contribution in [0.1, 0.15) is 27.8 Å². The van der Waals surface area contributed by atoms with E-state index < -0.39 is 40.7 Å². The van der Waals surface area contributed by atoms with Crippen molar-refractivity contribution in [2.24, 2.45) is 0 Å². The van der Waals surface area contributed by atoms with Gasteiger partial charge in [-0.25, -0.2) is 0 Å². The highest BCUT2D eigenvalue weighted by atomic mass is 32.2. The number of hydrogen-bond acceptors (Lipinski definition) is 6. The smallest absolute Gasteiger partial charge is 0.166 e. The Kier molecular flexibility index (Phi) is 12.3. The first kappa shape index (κ1) is 33.9. The Labute approximate surface area is 286 Å². The summed E-state index contributed by atoms with van der Waals surface area (Å²) in [4.78, 5) is 0.660. The molecule has 5 aromatic carbocycles. The molecule has 6 atom stereocenters. The number of aryl methyl sites for hydroxylation is 1. The molecule has 6 nitrogen and oxygen atoms in total. The third kappa shape index (κ3) is 9.35. The average Bonchev–Trinajstić information content (AvgIpc) is 3.14. The maximum absolute atomic E-state index is 14.4. The van der Waals surface area contributed by atoms with Crippen molar-refractivity contribution in [1.29, 1.82) is 0 Å². The minimum atomic E-state index is -1.59. The number of ether oxygens (including phenoxy) is 5. The monoisotopic (exact) mass is 662 g/mol. The van der Waals surface area contributed by atoms with Gasteiger partial charge in [0.1, 0.15) is 24.4 Å². The second-order valence-electron chi connectivity index (χ2n) is 11.9. The molecule has 1 aliphatic rings. The van der Waals surface area contributed by atoms with Gasteiger partial charge in [-0.3, -0.25) is 4.21 Å². The average molecular weight is 663 g/mol. The molecule has 1 fully saturated rings. The minimum absolute atomic E-state index is 0.215. The highest BCUT2D eigenvalue weighted by Gasteiger charge is 2.50. The molecule has 0 saturated carbocycles. The van der Waals surface area contributed by atoms with Crippen LogP contribution in [0.15, 0.2) is 150 Å². The van der Waals surface area contributed by atoms with E-state index in [0.717, 1.165) is 27.8 Å². The first-order valence-electron chi connectivity index (χ1n) is 16.3. The van der Waals surface area contributed by atoms with E-state index in [-0.39, 0.29) is 6.61 Å². The fourth-order valence-electron chi connectivity index (χ4n) is 5.73. The topological polar surface area (TPSA) is 63.2 Å². The first-order valence-corrected chi connectivity index (χ1v) is 17.6. The van der Waals surface area contributed by atoms with E-state index in [1.165, 1.54) is 0 Å². The maximum Gasteiger partial charge on any atom is 0.166 e. The van der Waals surface area contributed by atoms with Crippen LogP contribution in [-0.2, 0) is 60.9 Å². The van der Waals surface area contributed by atoms with Crippen LogP contribution in [0.25, 0.3) is 0 Å². The predicted octanol–water partition coefficient (Wildman–Crippen LogP) is 7.80. The Morgan fingerprint density at radius 3 is 1.42 bits per heavy atom. The van der Waals surface area contributed by atoms with E-state index in [1.807, 2.05) is 153 Å². The van der Waals surface area contributed by atoms with Gasteiger partial charge >= 0.3 is 0 Å². The highest BCUT2D eigenvalue weighted by molar-refractivity contribution is 7.85. The molecule has 1 unspecified atom stereocenters. The van der Waals surface area contributed by atoms with Crippen LogP contribution < -0.4 is 0 Å². The van der Waals surface area contributed by atoms with Crippen molar-refractivity contribution in [3.63, 3.8) is 0 Å². The summed E-state index contributed by atoms with van der Waals surface area (Å²) >= 11 is 0. The quantitative estimate of drug-likeness (QED) is 0.114. The SMILES string of the molecule is Cc1ccc(S(=O)[C@@H]2O[C@H](COCc3ccccc3)[C@H](OCc3ccccc3)[C@H](OCc3ccccc3)[C@H]2OCc2ccccc2)cc1. The molecule has 5 aromatic rings. The first-order chi connectivity index (χ1) is 23.6. The van der Waals surface area contributed by atoms with E-state index in [0.29, 0.717) is 31.3 Å². The van der Waals surface area contributed by atoms with Gasteiger partial charge < -0.3 is 23.7 Å². The van der Waals surface area contributed by atoms with Crippen LogP contribution >= 0.6 is 0 Å². The third-order valence-electron chi connectivity index (χ3n) is 8.30. The summed E-state index contributed by atoms with van der Waals surface area (Å²) in [5.41, 5.74) is 4.32. The van der Waals surface area contributed by atoms with E-state index in [2.05, 4.69) is 0 Å². The fourth-order valence-corrected chi connectivity index (χ4v) is 7.12. The van der Waals surface area contributed by atoms with Gasteiger partial charge in [0, 0.05) is 4.90 Å². The third-order valence-corrected chi connectivity index (χ3v) is 9.84. The van der Waals surface area contributed by atoms with E-state index in [4.69, 9.17) is 23.7 Å². The predicted molar refractivity (Wildman–Crippen MR) is 187 cm³/mol. The van der Waals surface area contributed by atoms with Crippen LogP contribution in [0, 0.1) is 6.92 Å². The number of hydrogen-bond donors (Lipinski definition) is 0.